The molecule has 0 aromatic carbocycles. The van der Waals surface area contributed by atoms with E-state index in [1.807, 2.05) is 32.4 Å². The molecule has 1 aromatic rings. The molecule has 1 saturated heterocycles. The van der Waals surface area contributed by atoms with Gasteiger partial charge in [-0.15, -0.1) is 10.2 Å². The van der Waals surface area contributed by atoms with E-state index in [-0.39, 0.29) is 0 Å². The van der Waals surface area contributed by atoms with Crippen LogP contribution >= 0.6 is 0 Å². The van der Waals surface area contributed by atoms with Gasteiger partial charge in [-0.3, -0.25) is 9.80 Å². The van der Waals surface area contributed by atoms with E-state index in [1.54, 1.807) is 0 Å². The number of nitrogens with zero attached hydrogens (tertiary/aromatic N) is 5. The van der Waals surface area contributed by atoms with E-state index in [9.17, 15) is 5.11 Å². The van der Waals surface area contributed by atoms with Crippen molar-refractivity contribution in [3.63, 3.8) is 0 Å². The Morgan fingerprint density at radius 1 is 1.11 bits per heavy atom. The molecule has 0 radical (unpaired) electrons. The SMILES string of the molecule is Cc1nnc(CN2CCN(CC(C)(C)O)CC2)n1C. The molecule has 2 heterocycles. The van der Waals surface area contributed by atoms with Crippen LogP contribution in [0, 0.1) is 6.92 Å². The molecule has 0 bridgehead atoms. The number of aliphatic hydroxyl groups is 1. The van der Waals surface area contributed by atoms with E-state index in [2.05, 4.69) is 20.0 Å². The van der Waals surface area contributed by atoms with E-state index in [0.29, 0.717) is 0 Å². The second-order valence-electron chi connectivity index (χ2n) is 6.09. The fourth-order valence-electron chi connectivity index (χ4n) is 2.44. The van der Waals surface area contributed by atoms with Crippen LogP contribution in [0.5, 0.6) is 0 Å². The van der Waals surface area contributed by atoms with Gasteiger partial charge >= 0.3 is 0 Å². The van der Waals surface area contributed by atoms with Crippen molar-refractivity contribution in [2.24, 2.45) is 7.05 Å². The van der Waals surface area contributed by atoms with E-state index in [1.165, 1.54) is 0 Å². The highest BCUT2D eigenvalue weighted by atomic mass is 16.3. The Hall–Kier alpha value is -0.980. The zero-order valence-corrected chi connectivity index (χ0v) is 12.4. The Labute approximate surface area is 115 Å². The molecule has 1 aromatic heterocycles. The normalized spacial score (nSPS) is 19.0. The third-order valence-corrected chi connectivity index (χ3v) is 3.62. The lowest BCUT2D eigenvalue weighted by Gasteiger charge is -2.37. The summed E-state index contributed by atoms with van der Waals surface area (Å²) in [6, 6.07) is 0. The third kappa shape index (κ3) is 3.99. The largest absolute Gasteiger partial charge is 0.389 e. The predicted octanol–water partition coefficient (Wildman–Crippen LogP) is 0.0120. The van der Waals surface area contributed by atoms with Gasteiger partial charge in [0.2, 0.25) is 0 Å². The van der Waals surface area contributed by atoms with Crippen LogP contribution in [0.1, 0.15) is 25.5 Å². The Bertz CT molecular complexity index is 415. The van der Waals surface area contributed by atoms with Gasteiger partial charge in [0.05, 0.1) is 12.1 Å². The van der Waals surface area contributed by atoms with Gasteiger partial charge in [0, 0.05) is 39.8 Å². The Balaban J connectivity index is 1.82. The van der Waals surface area contributed by atoms with Gasteiger partial charge < -0.3 is 9.67 Å². The zero-order chi connectivity index (χ0) is 14.0. The lowest BCUT2D eigenvalue weighted by molar-refractivity contribution is 0.0162. The smallest absolute Gasteiger partial charge is 0.146 e. The van der Waals surface area contributed by atoms with Crippen LogP contribution in [0.25, 0.3) is 0 Å². The van der Waals surface area contributed by atoms with Crippen LogP contribution in [0.2, 0.25) is 0 Å². The Kier molecular flexibility index (Phi) is 4.23. The number of hydrogen-bond donors (Lipinski definition) is 1. The first-order valence-corrected chi connectivity index (χ1v) is 6.87. The van der Waals surface area contributed by atoms with Crippen molar-refractivity contribution in [1.82, 2.24) is 24.6 Å². The molecule has 1 aliphatic rings. The first-order chi connectivity index (χ1) is 8.85. The fourth-order valence-corrected chi connectivity index (χ4v) is 2.44. The molecule has 1 N–H and O–H groups in total. The number of piperazine rings is 1. The number of β-amino-alcohol motifs (C(OH)–C–C–N with tert-alkyl or cyclic N) is 1. The molecule has 19 heavy (non-hydrogen) atoms. The van der Waals surface area contributed by atoms with Gasteiger partial charge in [0.25, 0.3) is 0 Å². The molecule has 0 atom stereocenters. The van der Waals surface area contributed by atoms with Crippen molar-refractivity contribution in [3.8, 4) is 0 Å². The summed E-state index contributed by atoms with van der Waals surface area (Å²) in [5.74, 6) is 1.98. The highest BCUT2D eigenvalue weighted by molar-refractivity contribution is 4.93. The number of rotatable bonds is 4. The van der Waals surface area contributed by atoms with Gasteiger partial charge in [-0.2, -0.15) is 0 Å². The van der Waals surface area contributed by atoms with Crippen LogP contribution in [0.15, 0.2) is 0 Å². The Morgan fingerprint density at radius 2 is 1.68 bits per heavy atom. The maximum absolute atomic E-state index is 9.83. The van der Waals surface area contributed by atoms with Gasteiger partial charge in [-0.05, 0) is 20.8 Å². The molecule has 2 rings (SSSR count). The van der Waals surface area contributed by atoms with E-state index in [4.69, 9.17) is 0 Å². The van der Waals surface area contributed by atoms with Gasteiger partial charge in [0.1, 0.15) is 11.6 Å². The summed E-state index contributed by atoms with van der Waals surface area (Å²) in [4.78, 5) is 4.71. The highest BCUT2D eigenvalue weighted by Crippen LogP contribution is 2.10. The van der Waals surface area contributed by atoms with Crippen molar-refractivity contribution in [1.29, 1.82) is 0 Å². The minimum Gasteiger partial charge on any atom is -0.389 e. The summed E-state index contributed by atoms with van der Waals surface area (Å²) >= 11 is 0. The van der Waals surface area contributed by atoms with Crippen molar-refractivity contribution in [2.75, 3.05) is 32.7 Å². The molecule has 6 nitrogen and oxygen atoms in total. The van der Waals surface area contributed by atoms with Crippen LogP contribution in [-0.2, 0) is 13.6 Å². The minimum absolute atomic E-state index is 0.608. The monoisotopic (exact) mass is 267 g/mol. The quantitative estimate of drug-likeness (QED) is 0.833. The van der Waals surface area contributed by atoms with Crippen LogP contribution in [-0.4, -0.2) is 68.0 Å². The summed E-state index contributed by atoms with van der Waals surface area (Å²) in [7, 11) is 2.01. The molecule has 0 spiro atoms. The van der Waals surface area contributed by atoms with Gasteiger partial charge in [-0.25, -0.2) is 0 Å². The fraction of sp³-hybridized carbons (Fsp3) is 0.846. The molecule has 6 heteroatoms. The van der Waals surface area contributed by atoms with E-state index >= 15 is 0 Å². The summed E-state index contributed by atoms with van der Waals surface area (Å²) in [5, 5.41) is 18.1. The topological polar surface area (TPSA) is 57.4 Å². The molecule has 108 valence electrons. The molecular formula is C13H25N5O. The molecule has 1 fully saturated rings. The van der Waals surface area contributed by atoms with Gasteiger partial charge in [0.15, 0.2) is 0 Å². The first kappa shape index (κ1) is 14.4. The van der Waals surface area contributed by atoms with Crippen LogP contribution < -0.4 is 0 Å². The molecule has 0 saturated carbocycles. The molecule has 1 aliphatic heterocycles. The first-order valence-electron chi connectivity index (χ1n) is 6.87. The summed E-state index contributed by atoms with van der Waals surface area (Å²) in [5.41, 5.74) is -0.608. The summed E-state index contributed by atoms with van der Waals surface area (Å²) in [6.45, 7) is 11.3. The van der Waals surface area contributed by atoms with Crippen LogP contribution in [0.3, 0.4) is 0 Å². The van der Waals surface area contributed by atoms with E-state index in [0.717, 1.165) is 50.9 Å². The molecule has 0 aliphatic carbocycles. The van der Waals surface area contributed by atoms with Crippen molar-refractivity contribution < 1.29 is 5.11 Å². The van der Waals surface area contributed by atoms with E-state index < -0.39 is 5.60 Å². The standard InChI is InChI=1S/C13H25N5O/c1-11-14-15-12(16(11)4)9-17-5-7-18(8-6-17)10-13(2,3)19/h19H,5-10H2,1-4H3. The average Bonchev–Trinajstić information content (AvgIpc) is 2.62. The lowest BCUT2D eigenvalue weighted by atomic mass is 10.1. The number of hydrogen-bond acceptors (Lipinski definition) is 5. The maximum atomic E-state index is 9.83. The maximum Gasteiger partial charge on any atom is 0.146 e. The molecule has 0 unspecified atom stereocenters. The zero-order valence-electron chi connectivity index (χ0n) is 12.4. The van der Waals surface area contributed by atoms with Crippen LogP contribution in [0.4, 0.5) is 0 Å². The second-order valence-corrected chi connectivity index (χ2v) is 6.09. The summed E-state index contributed by atoms with van der Waals surface area (Å²) in [6.07, 6.45) is 0. The lowest BCUT2D eigenvalue weighted by Crippen LogP contribution is -2.50. The second kappa shape index (κ2) is 5.56. The molecule has 0 amide bonds. The third-order valence-electron chi connectivity index (χ3n) is 3.62. The van der Waals surface area contributed by atoms with Gasteiger partial charge in [-0.1, -0.05) is 0 Å². The highest BCUT2D eigenvalue weighted by Gasteiger charge is 2.23. The number of aromatic nitrogens is 3. The summed E-state index contributed by atoms with van der Waals surface area (Å²) < 4.78 is 2.04. The molecular weight excluding hydrogens is 242 g/mol. The van der Waals surface area contributed by atoms with Crippen molar-refractivity contribution in [3.05, 3.63) is 11.6 Å². The predicted molar refractivity (Wildman–Crippen MR) is 73.8 cm³/mol. The number of aryl methyl sites for hydroxylation is 1. The Morgan fingerprint density at radius 3 is 2.16 bits per heavy atom. The van der Waals surface area contributed by atoms with Crippen molar-refractivity contribution >= 4 is 0 Å². The average molecular weight is 267 g/mol. The minimum atomic E-state index is -0.608. The van der Waals surface area contributed by atoms with Crippen molar-refractivity contribution in [2.45, 2.75) is 32.9 Å².